The lowest BCUT2D eigenvalue weighted by Gasteiger charge is -2.19. The summed E-state index contributed by atoms with van der Waals surface area (Å²) in [6, 6.07) is 4.18. The van der Waals surface area contributed by atoms with E-state index in [2.05, 4.69) is 40.4 Å². The summed E-state index contributed by atoms with van der Waals surface area (Å²) >= 11 is 0. The van der Waals surface area contributed by atoms with Gasteiger partial charge in [-0.15, -0.1) is 5.10 Å². The Kier molecular flexibility index (Phi) is 2.94. The summed E-state index contributed by atoms with van der Waals surface area (Å²) in [7, 11) is 0. The molecule has 0 unspecified atom stereocenters. The maximum absolute atomic E-state index is 4.77. The minimum Gasteiger partial charge on any atom is -0.356 e. The van der Waals surface area contributed by atoms with Crippen LogP contribution in [0.5, 0.6) is 0 Å². The minimum atomic E-state index is 0.992. The molecule has 1 aliphatic rings. The maximum atomic E-state index is 4.77. The molecule has 18 heavy (non-hydrogen) atoms. The van der Waals surface area contributed by atoms with Gasteiger partial charge in [-0.3, -0.25) is 0 Å². The number of aryl methyl sites for hydroxylation is 2. The van der Waals surface area contributed by atoms with Crippen LogP contribution >= 0.6 is 0 Å². The van der Waals surface area contributed by atoms with Gasteiger partial charge in [0.05, 0.1) is 11.4 Å². The highest BCUT2D eigenvalue weighted by molar-refractivity contribution is 5.48. The third-order valence-corrected chi connectivity index (χ3v) is 3.80. The predicted molar refractivity (Wildman–Crippen MR) is 73.2 cm³/mol. The maximum Gasteiger partial charge on any atom is 0.154 e. The van der Waals surface area contributed by atoms with Crippen molar-refractivity contribution >= 4 is 11.5 Å². The van der Waals surface area contributed by atoms with Gasteiger partial charge in [-0.2, -0.15) is 0 Å². The summed E-state index contributed by atoms with van der Waals surface area (Å²) in [5.41, 5.74) is 3.58. The van der Waals surface area contributed by atoms with Gasteiger partial charge in [-0.25, -0.2) is 9.50 Å². The Morgan fingerprint density at radius 3 is 2.72 bits per heavy atom. The number of nitrogens with zero attached hydrogens (tertiary/aromatic N) is 4. The van der Waals surface area contributed by atoms with Gasteiger partial charge in [0.25, 0.3) is 0 Å². The van der Waals surface area contributed by atoms with E-state index in [9.17, 15) is 0 Å². The molecule has 0 amide bonds. The first-order chi connectivity index (χ1) is 8.83. The van der Waals surface area contributed by atoms with Gasteiger partial charge in [0, 0.05) is 13.1 Å². The van der Waals surface area contributed by atoms with Crippen molar-refractivity contribution in [3.05, 3.63) is 23.5 Å². The van der Waals surface area contributed by atoms with Crippen LogP contribution in [-0.2, 0) is 12.8 Å². The average Bonchev–Trinajstić information content (AvgIpc) is 2.78. The molecule has 0 atom stereocenters. The normalized spacial score (nSPS) is 14.8. The third-order valence-electron chi connectivity index (χ3n) is 3.80. The third kappa shape index (κ3) is 1.76. The van der Waals surface area contributed by atoms with Crippen LogP contribution in [0.25, 0.3) is 5.65 Å². The Morgan fingerprint density at radius 2 is 1.94 bits per heavy atom. The van der Waals surface area contributed by atoms with E-state index in [1.165, 1.54) is 24.2 Å². The van der Waals surface area contributed by atoms with E-state index in [1.54, 1.807) is 0 Å². The van der Waals surface area contributed by atoms with E-state index in [0.717, 1.165) is 37.4 Å². The molecule has 0 spiro atoms. The standard InChI is InChI=1S/C14H20N4/c1-3-17(4-2)14-10-9-13-15-11-7-5-6-8-12(11)18(13)16-14/h9-10H,3-8H2,1-2H3. The Hall–Kier alpha value is -1.58. The minimum absolute atomic E-state index is 0.992. The summed E-state index contributed by atoms with van der Waals surface area (Å²) in [5, 5.41) is 4.77. The smallest absolute Gasteiger partial charge is 0.154 e. The summed E-state index contributed by atoms with van der Waals surface area (Å²) in [6.45, 7) is 6.31. The molecular weight excluding hydrogens is 224 g/mol. The molecule has 0 aromatic carbocycles. The zero-order valence-corrected chi connectivity index (χ0v) is 11.2. The zero-order chi connectivity index (χ0) is 12.5. The Bertz CT molecular complexity index is 554. The predicted octanol–water partition coefficient (Wildman–Crippen LogP) is 2.45. The highest BCUT2D eigenvalue weighted by Gasteiger charge is 2.17. The van der Waals surface area contributed by atoms with Crippen molar-refractivity contribution in [2.45, 2.75) is 39.5 Å². The van der Waals surface area contributed by atoms with Gasteiger partial charge < -0.3 is 4.90 Å². The first-order valence-electron chi connectivity index (χ1n) is 6.96. The van der Waals surface area contributed by atoms with Crippen molar-refractivity contribution < 1.29 is 0 Å². The van der Waals surface area contributed by atoms with E-state index >= 15 is 0 Å². The summed E-state index contributed by atoms with van der Waals surface area (Å²) < 4.78 is 2.06. The number of aromatic nitrogens is 3. The molecule has 2 aromatic rings. The van der Waals surface area contributed by atoms with E-state index in [4.69, 9.17) is 5.10 Å². The zero-order valence-electron chi connectivity index (χ0n) is 11.2. The molecule has 2 heterocycles. The highest BCUT2D eigenvalue weighted by Crippen LogP contribution is 2.22. The number of hydrogen-bond donors (Lipinski definition) is 0. The van der Waals surface area contributed by atoms with Gasteiger partial charge in [0.15, 0.2) is 5.65 Å². The molecule has 0 radical (unpaired) electrons. The fraction of sp³-hybridized carbons (Fsp3) is 0.571. The molecule has 1 aliphatic carbocycles. The second kappa shape index (κ2) is 4.59. The molecule has 4 nitrogen and oxygen atoms in total. The van der Waals surface area contributed by atoms with Crippen LogP contribution in [0, 0.1) is 0 Å². The van der Waals surface area contributed by atoms with Crippen molar-refractivity contribution in [1.82, 2.24) is 14.6 Å². The summed E-state index contributed by atoms with van der Waals surface area (Å²) in [4.78, 5) is 6.96. The second-order valence-corrected chi connectivity index (χ2v) is 4.85. The number of anilines is 1. The molecule has 96 valence electrons. The van der Waals surface area contributed by atoms with Crippen molar-refractivity contribution in [2.24, 2.45) is 0 Å². The number of imidazole rings is 1. The van der Waals surface area contributed by atoms with Crippen LogP contribution < -0.4 is 4.90 Å². The van der Waals surface area contributed by atoms with Gasteiger partial charge in [0.1, 0.15) is 5.82 Å². The summed E-state index contributed by atoms with van der Waals surface area (Å²) in [5.74, 6) is 1.05. The number of hydrogen-bond acceptors (Lipinski definition) is 3. The molecular formula is C14H20N4. The fourth-order valence-corrected chi connectivity index (χ4v) is 2.77. The first kappa shape index (κ1) is 11.5. The van der Waals surface area contributed by atoms with Crippen LogP contribution in [0.1, 0.15) is 38.1 Å². The van der Waals surface area contributed by atoms with Crippen LogP contribution in [0.2, 0.25) is 0 Å². The molecule has 0 fully saturated rings. The first-order valence-corrected chi connectivity index (χ1v) is 6.96. The Labute approximate surface area is 108 Å². The van der Waals surface area contributed by atoms with E-state index in [-0.39, 0.29) is 0 Å². The molecule has 0 saturated carbocycles. The van der Waals surface area contributed by atoms with Crippen molar-refractivity contribution in [3.8, 4) is 0 Å². The van der Waals surface area contributed by atoms with Gasteiger partial charge in [-0.1, -0.05) is 0 Å². The lowest BCUT2D eigenvalue weighted by molar-refractivity contribution is 0.646. The molecule has 0 aliphatic heterocycles. The Morgan fingerprint density at radius 1 is 1.17 bits per heavy atom. The number of rotatable bonds is 3. The van der Waals surface area contributed by atoms with Gasteiger partial charge in [0.2, 0.25) is 0 Å². The fourth-order valence-electron chi connectivity index (χ4n) is 2.77. The van der Waals surface area contributed by atoms with E-state index < -0.39 is 0 Å². The lowest BCUT2D eigenvalue weighted by atomic mass is 10.0. The van der Waals surface area contributed by atoms with Crippen LogP contribution in [-0.4, -0.2) is 27.7 Å². The highest BCUT2D eigenvalue weighted by atomic mass is 15.3. The largest absolute Gasteiger partial charge is 0.356 e. The molecule has 3 rings (SSSR count). The summed E-state index contributed by atoms with van der Waals surface area (Å²) in [6.07, 6.45) is 4.75. The molecule has 2 aromatic heterocycles. The number of fused-ring (bicyclic) bond motifs is 3. The topological polar surface area (TPSA) is 33.4 Å². The van der Waals surface area contributed by atoms with Crippen LogP contribution in [0.3, 0.4) is 0 Å². The SMILES string of the molecule is CCN(CC)c1ccc2nc3c(n2n1)CCCC3. The van der Waals surface area contributed by atoms with Crippen molar-refractivity contribution in [2.75, 3.05) is 18.0 Å². The Balaban J connectivity index is 2.10. The molecule has 0 bridgehead atoms. The van der Waals surface area contributed by atoms with Crippen molar-refractivity contribution in [1.29, 1.82) is 0 Å². The quantitative estimate of drug-likeness (QED) is 0.831. The van der Waals surface area contributed by atoms with E-state index in [1.807, 2.05) is 0 Å². The van der Waals surface area contributed by atoms with Crippen molar-refractivity contribution in [3.63, 3.8) is 0 Å². The van der Waals surface area contributed by atoms with Gasteiger partial charge >= 0.3 is 0 Å². The molecule has 0 saturated heterocycles. The van der Waals surface area contributed by atoms with Crippen LogP contribution in [0.4, 0.5) is 5.82 Å². The van der Waals surface area contributed by atoms with Gasteiger partial charge in [-0.05, 0) is 51.7 Å². The molecule has 4 heteroatoms. The second-order valence-electron chi connectivity index (χ2n) is 4.85. The molecule has 0 N–H and O–H groups in total. The van der Waals surface area contributed by atoms with Crippen LogP contribution in [0.15, 0.2) is 12.1 Å². The lowest BCUT2D eigenvalue weighted by Crippen LogP contribution is -2.23. The monoisotopic (exact) mass is 244 g/mol. The van der Waals surface area contributed by atoms with E-state index in [0.29, 0.717) is 0 Å². The average molecular weight is 244 g/mol.